The number of ether oxygens (including phenoxy) is 1. The fraction of sp³-hybridized carbons (Fsp3) is 0.429. The molecular weight excluding hydrogens is 242 g/mol. The van der Waals surface area contributed by atoms with Crippen molar-refractivity contribution in [3.05, 3.63) is 29.8 Å². The predicted molar refractivity (Wildman–Crippen MR) is 71.7 cm³/mol. The molecule has 19 heavy (non-hydrogen) atoms. The normalized spacial score (nSPS) is 21.1. The van der Waals surface area contributed by atoms with Crippen molar-refractivity contribution in [2.24, 2.45) is 5.92 Å². The lowest BCUT2D eigenvalue weighted by Gasteiger charge is -2.34. The minimum absolute atomic E-state index is 0.0116. The van der Waals surface area contributed by atoms with Crippen LogP contribution in [0.3, 0.4) is 0 Å². The van der Waals surface area contributed by atoms with Crippen molar-refractivity contribution in [2.45, 2.75) is 18.9 Å². The van der Waals surface area contributed by atoms with Gasteiger partial charge in [0.05, 0.1) is 11.6 Å². The number of carbonyl (C=O) groups is 1. The molecule has 2 N–H and O–H groups in total. The van der Waals surface area contributed by atoms with Crippen LogP contribution in [0.4, 0.5) is 10.5 Å². The lowest BCUT2D eigenvalue weighted by atomic mass is 9.82. The molecular formula is C14H17N3O2. The van der Waals surface area contributed by atoms with Crippen LogP contribution in [0.5, 0.6) is 0 Å². The molecule has 0 atom stereocenters. The number of amides is 1. The number of rotatable bonds is 4. The molecule has 0 spiro atoms. The fourth-order valence-electron chi connectivity index (χ4n) is 2.19. The molecule has 0 unspecified atom stereocenters. The number of carbonyl (C=O) groups excluding carboxylic acids is 1. The molecule has 0 aromatic heterocycles. The summed E-state index contributed by atoms with van der Waals surface area (Å²) in [6.45, 7) is 0.964. The Hall–Kier alpha value is -2.06. The van der Waals surface area contributed by atoms with E-state index in [9.17, 15) is 4.79 Å². The fourth-order valence-corrected chi connectivity index (χ4v) is 2.19. The summed E-state index contributed by atoms with van der Waals surface area (Å²) in [5.41, 5.74) is 1.09. The van der Waals surface area contributed by atoms with Gasteiger partial charge in [-0.3, -0.25) is 5.32 Å². The molecule has 2 rings (SSSR count). The van der Waals surface area contributed by atoms with Crippen LogP contribution in [0.1, 0.15) is 18.4 Å². The molecule has 0 aliphatic heterocycles. The van der Waals surface area contributed by atoms with Gasteiger partial charge in [0.25, 0.3) is 0 Å². The van der Waals surface area contributed by atoms with Crippen LogP contribution in [0.2, 0.25) is 0 Å². The molecule has 5 heteroatoms. The van der Waals surface area contributed by atoms with Gasteiger partial charge in [0, 0.05) is 5.69 Å². The molecule has 1 saturated carbocycles. The van der Waals surface area contributed by atoms with E-state index < -0.39 is 6.09 Å². The number of anilines is 1. The van der Waals surface area contributed by atoms with Crippen LogP contribution >= 0.6 is 0 Å². The molecule has 1 aliphatic rings. The number of nitriles is 1. The van der Waals surface area contributed by atoms with Crippen LogP contribution in [-0.4, -0.2) is 25.8 Å². The highest BCUT2D eigenvalue weighted by atomic mass is 16.6. The second-order valence-corrected chi connectivity index (χ2v) is 4.74. The Morgan fingerprint density at radius 1 is 1.53 bits per heavy atom. The first-order chi connectivity index (χ1) is 9.21. The Kier molecular flexibility index (Phi) is 4.37. The zero-order valence-corrected chi connectivity index (χ0v) is 10.8. The van der Waals surface area contributed by atoms with Crippen LogP contribution in [0.25, 0.3) is 0 Å². The van der Waals surface area contributed by atoms with E-state index in [2.05, 4.69) is 10.6 Å². The number of nitrogens with one attached hydrogen (secondary N) is 2. The van der Waals surface area contributed by atoms with E-state index >= 15 is 0 Å². The van der Waals surface area contributed by atoms with Gasteiger partial charge in [-0.15, -0.1) is 0 Å². The average molecular weight is 259 g/mol. The van der Waals surface area contributed by atoms with Gasteiger partial charge in [0.2, 0.25) is 0 Å². The highest BCUT2D eigenvalue weighted by Gasteiger charge is 2.31. The predicted octanol–water partition coefficient (Wildman–Crippen LogP) is 2.10. The maximum atomic E-state index is 11.6. The third-order valence-corrected chi connectivity index (χ3v) is 3.20. The molecule has 5 nitrogen and oxygen atoms in total. The molecule has 1 aromatic rings. The molecule has 0 heterocycles. The first-order valence-corrected chi connectivity index (χ1v) is 6.33. The highest BCUT2D eigenvalue weighted by molar-refractivity contribution is 5.84. The van der Waals surface area contributed by atoms with Gasteiger partial charge in [-0.05, 0) is 50.6 Å². The monoisotopic (exact) mass is 259 g/mol. The quantitative estimate of drug-likeness (QED) is 0.868. The highest BCUT2D eigenvalue weighted by Crippen LogP contribution is 2.29. The lowest BCUT2D eigenvalue weighted by Crippen LogP contribution is -2.38. The van der Waals surface area contributed by atoms with E-state index in [4.69, 9.17) is 10.00 Å². The van der Waals surface area contributed by atoms with Crippen LogP contribution < -0.4 is 10.6 Å². The van der Waals surface area contributed by atoms with E-state index in [0.717, 1.165) is 19.4 Å². The topological polar surface area (TPSA) is 74.2 Å². The summed E-state index contributed by atoms with van der Waals surface area (Å²) >= 11 is 0. The van der Waals surface area contributed by atoms with Crippen molar-refractivity contribution < 1.29 is 9.53 Å². The van der Waals surface area contributed by atoms with E-state index in [1.807, 2.05) is 13.1 Å². The summed E-state index contributed by atoms with van der Waals surface area (Å²) in [6, 6.07) is 8.78. The summed E-state index contributed by atoms with van der Waals surface area (Å²) in [7, 11) is 1.92. The van der Waals surface area contributed by atoms with E-state index in [0.29, 0.717) is 17.2 Å². The molecule has 0 saturated heterocycles. The smallest absolute Gasteiger partial charge is 0.411 e. The molecule has 0 bridgehead atoms. The summed E-state index contributed by atoms with van der Waals surface area (Å²) in [4.78, 5) is 11.6. The van der Waals surface area contributed by atoms with Crippen molar-refractivity contribution in [1.82, 2.24) is 5.32 Å². The zero-order valence-electron chi connectivity index (χ0n) is 10.8. The van der Waals surface area contributed by atoms with Gasteiger partial charge in [-0.25, -0.2) is 4.79 Å². The SMILES string of the molecule is CNCC1CC(OC(=O)Nc2cccc(C#N)c2)C1. The van der Waals surface area contributed by atoms with Gasteiger partial charge in [0.15, 0.2) is 0 Å². The molecule has 1 aliphatic carbocycles. The molecule has 100 valence electrons. The first kappa shape index (κ1) is 13.4. The van der Waals surface area contributed by atoms with E-state index in [1.54, 1.807) is 24.3 Å². The van der Waals surface area contributed by atoms with Crippen LogP contribution in [-0.2, 0) is 4.74 Å². The Morgan fingerprint density at radius 3 is 3.00 bits per heavy atom. The molecule has 0 radical (unpaired) electrons. The van der Waals surface area contributed by atoms with Gasteiger partial charge in [-0.1, -0.05) is 6.07 Å². The average Bonchev–Trinajstić information content (AvgIpc) is 2.36. The summed E-state index contributed by atoms with van der Waals surface area (Å²) in [5.74, 6) is 0.602. The second-order valence-electron chi connectivity index (χ2n) is 4.74. The number of hydrogen-bond acceptors (Lipinski definition) is 4. The Labute approximate surface area is 112 Å². The third-order valence-electron chi connectivity index (χ3n) is 3.20. The minimum Gasteiger partial charge on any atom is -0.446 e. The number of benzene rings is 1. The molecule has 1 fully saturated rings. The summed E-state index contributed by atoms with van der Waals surface area (Å²) < 4.78 is 5.28. The van der Waals surface area contributed by atoms with Crippen LogP contribution in [0.15, 0.2) is 24.3 Å². The number of hydrogen-bond donors (Lipinski definition) is 2. The standard InChI is InChI=1S/C14H17N3O2/c1-16-9-11-6-13(7-11)19-14(18)17-12-4-2-3-10(5-12)8-15/h2-5,11,13,16H,6-7,9H2,1H3,(H,17,18). The lowest BCUT2D eigenvalue weighted by molar-refractivity contribution is 0.0257. The van der Waals surface area contributed by atoms with Gasteiger partial charge in [-0.2, -0.15) is 5.26 Å². The van der Waals surface area contributed by atoms with Crippen molar-refractivity contribution in [3.63, 3.8) is 0 Å². The van der Waals surface area contributed by atoms with E-state index in [1.165, 1.54) is 0 Å². The third kappa shape index (κ3) is 3.70. The van der Waals surface area contributed by atoms with Crippen molar-refractivity contribution in [2.75, 3.05) is 18.9 Å². The Morgan fingerprint density at radius 2 is 2.32 bits per heavy atom. The zero-order chi connectivity index (χ0) is 13.7. The summed E-state index contributed by atoms with van der Waals surface area (Å²) in [6.07, 6.45) is 1.37. The molecule has 1 aromatic carbocycles. The second kappa shape index (κ2) is 6.21. The Balaban J connectivity index is 1.77. The van der Waals surface area contributed by atoms with Gasteiger partial charge in [0.1, 0.15) is 6.10 Å². The minimum atomic E-state index is -0.456. The summed E-state index contributed by atoms with van der Waals surface area (Å²) in [5, 5.41) is 14.5. The van der Waals surface area contributed by atoms with Gasteiger partial charge < -0.3 is 10.1 Å². The van der Waals surface area contributed by atoms with Crippen molar-refractivity contribution >= 4 is 11.8 Å². The maximum Gasteiger partial charge on any atom is 0.411 e. The largest absolute Gasteiger partial charge is 0.446 e. The van der Waals surface area contributed by atoms with Crippen molar-refractivity contribution in [3.8, 4) is 6.07 Å². The van der Waals surface area contributed by atoms with Crippen LogP contribution in [0, 0.1) is 17.2 Å². The van der Waals surface area contributed by atoms with Gasteiger partial charge >= 0.3 is 6.09 Å². The van der Waals surface area contributed by atoms with E-state index in [-0.39, 0.29) is 6.10 Å². The first-order valence-electron chi connectivity index (χ1n) is 6.33. The number of nitrogens with zero attached hydrogens (tertiary/aromatic N) is 1. The Bertz CT molecular complexity index is 490. The van der Waals surface area contributed by atoms with Crippen molar-refractivity contribution in [1.29, 1.82) is 5.26 Å². The molecule has 1 amide bonds. The maximum absolute atomic E-state index is 11.6.